The number of benzene rings is 1. The minimum atomic E-state index is -0.823. The van der Waals surface area contributed by atoms with Crippen molar-refractivity contribution in [1.82, 2.24) is 14.8 Å². The molecule has 1 aliphatic rings. The summed E-state index contributed by atoms with van der Waals surface area (Å²) in [5, 5.41) is 8.08. The summed E-state index contributed by atoms with van der Waals surface area (Å²) in [4.78, 5) is 37.7. The highest BCUT2D eigenvalue weighted by Gasteiger charge is 2.22. The fraction of sp³-hybridized carbons (Fsp3) is 0.353. The zero-order valence-corrected chi connectivity index (χ0v) is 13.6. The first-order chi connectivity index (χ1) is 12.1. The molecule has 25 heavy (non-hydrogen) atoms. The van der Waals surface area contributed by atoms with E-state index < -0.39 is 5.91 Å². The third-order valence-electron chi connectivity index (χ3n) is 4.76. The van der Waals surface area contributed by atoms with E-state index in [9.17, 15) is 14.5 Å². The number of aromatic amines is 1. The molecule has 0 saturated carbocycles. The third kappa shape index (κ3) is 2.45. The molecule has 0 unspecified atom stereocenters. The van der Waals surface area contributed by atoms with Gasteiger partial charge in [-0.3, -0.25) is 14.3 Å². The van der Waals surface area contributed by atoms with Gasteiger partial charge in [-0.1, -0.05) is 0 Å². The maximum absolute atomic E-state index is 12.4. The van der Waals surface area contributed by atoms with Crippen molar-refractivity contribution in [1.29, 1.82) is 0 Å². The molecule has 1 aliphatic heterocycles. The number of nitrogens with one attached hydrogen (secondary N) is 1. The first-order valence-electron chi connectivity index (χ1n) is 8.09. The van der Waals surface area contributed by atoms with Gasteiger partial charge in [0.15, 0.2) is 0 Å². The Bertz CT molecular complexity index is 1060. The van der Waals surface area contributed by atoms with E-state index in [1.54, 1.807) is 25.3 Å². The minimum Gasteiger partial charge on any atom is -0.381 e. The topological polar surface area (TPSA) is 106 Å². The largest absolute Gasteiger partial charge is 0.381 e. The molecule has 0 atom stereocenters. The Balaban J connectivity index is 2.05. The number of carbonyl (C=O) groups is 1. The monoisotopic (exact) mass is 340 g/mol. The fourth-order valence-electron chi connectivity index (χ4n) is 3.48. The molecule has 0 spiro atoms. The molecule has 0 radical (unpaired) electrons. The summed E-state index contributed by atoms with van der Waals surface area (Å²) in [6.45, 7) is 2.99. The van der Waals surface area contributed by atoms with E-state index in [4.69, 9.17) is 4.74 Å². The fourth-order valence-corrected chi connectivity index (χ4v) is 3.48. The molecule has 1 amide bonds. The van der Waals surface area contributed by atoms with Crippen LogP contribution in [0.25, 0.3) is 21.8 Å². The number of ether oxygens (including phenoxy) is 1. The Morgan fingerprint density at radius 1 is 1.32 bits per heavy atom. The van der Waals surface area contributed by atoms with E-state index in [-0.39, 0.29) is 17.2 Å². The highest BCUT2D eigenvalue weighted by molar-refractivity contribution is 6.07. The number of fused-ring (bicyclic) bond motifs is 3. The predicted molar refractivity (Wildman–Crippen MR) is 91.8 cm³/mol. The standard InChI is InChI=1S/C17H16N4O4/c1-9-6-14-12(7-11(9)17(23)20-24)15-13(16(22)19-14)8-18-21(15)10-2-4-25-5-3-10/h6-8,10H,2-5H2,1H3,(H,19,22). The van der Waals surface area contributed by atoms with Crippen molar-refractivity contribution in [2.45, 2.75) is 25.8 Å². The maximum Gasteiger partial charge on any atom is 0.317 e. The predicted octanol–water partition coefficient (Wildman–Crippen LogP) is 2.44. The van der Waals surface area contributed by atoms with Crippen molar-refractivity contribution in [3.05, 3.63) is 44.7 Å². The first-order valence-corrected chi connectivity index (χ1v) is 8.09. The molecule has 1 saturated heterocycles. The molecule has 1 N–H and O–H groups in total. The van der Waals surface area contributed by atoms with Crippen LogP contribution in [0, 0.1) is 11.8 Å². The van der Waals surface area contributed by atoms with E-state index in [1.165, 1.54) is 0 Å². The summed E-state index contributed by atoms with van der Waals surface area (Å²) < 4.78 is 7.24. The number of pyridine rings is 1. The van der Waals surface area contributed by atoms with E-state index in [0.717, 1.165) is 12.8 Å². The number of amides is 1. The van der Waals surface area contributed by atoms with Crippen LogP contribution in [0.2, 0.25) is 0 Å². The second-order valence-electron chi connectivity index (χ2n) is 6.26. The van der Waals surface area contributed by atoms with Crippen LogP contribution in [0.1, 0.15) is 34.8 Å². The van der Waals surface area contributed by atoms with Crippen LogP contribution < -0.4 is 5.56 Å². The van der Waals surface area contributed by atoms with Crippen LogP contribution >= 0.6 is 0 Å². The Kier molecular flexibility index (Phi) is 3.69. The number of hydrogen-bond acceptors (Lipinski definition) is 5. The summed E-state index contributed by atoms with van der Waals surface area (Å²) >= 11 is 0. The smallest absolute Gasteiger partial charge is 0.317 e. The van der Waals surface area contributed by atoms with Gasteiger partial charge in [-0.15, -0.1) is 4.91 Å². The number of hydrogen-bond donors (Lipinski definition) is 1. The van der Waals surface area contributed by atoms with E-state index in [2.05, 4.69) is 15.3 Å². The van der Waals surface area contributed by atoms with Gasteiger partial charge in [0.05, 0.1) is 28.7 Å². The van der Waals surface area contributed by atoms with Crippen LogP contribution in [0.15, 0.2) is 28.3 Å². The molecule has 8 heteroatoms. The zero-order chi connectivity index (χ0) is 17.6. The van der Waals surface area contributed by atoms with Gasteiger partial charge >= 0.3 is 5.91 Å². The summed E-state index contributed by atoms with van der Waals surface area (Å²) in [6, 6.07) is 3.43. The number of rotatable bonds is 2. The molecule has 0 bridgehead atoms. The molecule has 8 nitrogen and oxygen atoms in total. The van der Waals surface area contributed by atoms with Gasteiger partial charge in [-0.05, 0) is 37.5 Å². The maximum atomic E-state index is 12.4. The quantitative estimate of drug-likeness (QED) is 0.721. The lowest BCUT2D eigenvalue weighted by Crippen LogP contribution is -2.20. The SMILES string of the molecule is Cc1cc2[nH]c(=O)c3cnn(C4CCOCC4)c3c2cc1C(=O)N=O. The van der Waals surface area contributed by atoms with Gasteiger partial charge in [0.2, 0.25) is 0 Å². The van der Waals surface area contributed by atoms with Gasteiger partial charge in [0, 0.05) is 29.3 Å². The number of aromatic nitrogens is 3. The molecule has 3 heterocycles. The molecule has 1 aromatic carbocycles. The lowest BCUT2D eigenvalue weighted by Gasteiger charge is -2.23. The number of H-pyrrole nitrogens is 1. The number of aryl methyl sites for hydroxylation is 1. The highest BCUT2D eigenvalue weighted by Crippen LogP contribution is 2.29. The summed E-state index contributed by atoms with van der Waals surface area (Å²) in [6.07, 6.45) is 3.15. The Labute approximate surface area is 141 Å². The van der Waals surface area contributed by atoms with Crippen molar-refractivity contribution >= 4 is 27.7 Å². The zero-order valence-electron chi connectivity index (χ0n) is 13.6. The average molecular weight is 340 g/mol. The second-order valence-corrected chi connectivity index (χ2v) is 6.26. The lowest BCUT2D eigenvalue weighted by molar-refractivity contribution is 0.0675. The molecule has 0 aliphatic carbocycles. The number of carbonyl (C=O) groups excluding carboxylic acids is 1. The molecule has 128 valence electrons. The summed E-state index contributed by atoms with van der Waals surface area (Å²) in [5.74, 6) is -0.823. The van der Waals surface area contributed by atoms with Crippen LogP contribution in [0.4, 0.5) is 0 Å². The Hall–Kier alpha value is -2.87. The normalized spacial score (nSPS) is 15.7. The van der Waals surface area contributed by atoms with Crippen LogP contribution in [0.3, 0.4) is 0 Å². The van der Waals surface area contributed by atoms with Crippen LogP contribution in [-0.4, -0.2) is 33.9 Å². The molecular formula is C17H16N4O4. The van der Waals surface area contributed by atoms with Gasteiger partial charge in [0.25, 0.3) is 5.56 Å². The summed E-state index contributed by atoms with van der Waals surface area (Å²) in [5.41, 5.74) is 1.87. The van der Waals surface area contributed by atoms with Gasteiger partial charge in [-0.25, -0.2) is 0 Å². The highest BCUT2D eigenvalue weighted by atomic mass is 16.5. The minimum absolute atomic E-state index is 0.126. The van der Waals surface area contributed by atoms with E-state index in [0.29, 0.717) is 40.6 Å². The molecule has 3 aromatic rings. The number of nitrogens with zero attached hydrogens (tertiary/aromatic N) is 3. The van der Waals surface area contributed by atoms with Crippen molar-refractivity contribution < 1.29 is 9.53 Å². The molecule has 4 rings (SSSR count). The van der Waals surface area contributed by atoms with Crippen LogP contribution in [-0.2, 0) is 4.74 Å². The van der Waals surface area contributed by atoms with E-state index in [1.807, 2.05) is 4.68 Å². The molecular weight excluding hydrogens is 324 g/mol. The summed E-state index contributed by atoms with van der Waals surface area (Å²) in [7, 11) is 0. The lowest BCUT2D eigenvalue weighted by atomic mass is 10.0. The number of nitroso groups, excluding NO2 is 1. The third-order valence-corrected chi connectivity index (χ3v) is 4.76. The van der Waals surface area contributed by atoms with Crippen molar-refractivity contribution in [2.75, 3.05) is 13.2 Å². The average Bonchev–Trinajstić information content (AvgIpc) is 3.07. The van der Waals surface area contributed by atoms with Crippen molar-refractivity contribution in [3.63, 3.8) is 0 Å². The van der Waals surface area contributed by atoms with Gasteiger partial charge in [0.1, 0.15) is 0 Å². The van der Waals surface area contributed by atoms with E-state index >= 15 is 0 Å². The Morgan fingerprint density at radius 2 is 2.08 bits per heavy atom. The van der Waals surface area contributed by atoms with Gasteiger partial charge in [-0.2, -0.15) is 5.10 Å². The molecule has 2 aromatic heterocycles. The van der Waals surface area contributed by atoms with Crippen molar-refractivity contribution in [2.24, 2.45) is 5.18 Å². The first kappa shape index (κ1) is 15.6. The second kappa shape index (κ2) is 5.89. The van der Waals surface area contributed by atoms with Gasteiger partial charge < -0.3 is 9.72 Å². The molecule has 1 fully saturated rings. The van der Waals surface area contributed by atoms with Crippen LogP contribution in [0.5, 0.6) is 0 Å². The Morgan fingerprint density at radius 3 is 2.80 bits per heavy atom. The van der Waals surface area contributed by atoms with Crippen molar-refractivity contribution in [3.8, 4) is 0 Å².